The highest BCUT2D eigenvalue weighted by molar-refractivity contribution is 6.03. The summed E-state index contributed by atoms with van der Waals surface area (Å²) >= 11 is 0. The van der Waals surface area contributed by atoms with Crippen LogP contribution in [0.25, 0.3) is 21.9 Å². The number of hydrogen-bond donors (Lipinski definition) is 0. The SMILES string of the molecule is C[C@@H]1C[C@H](n2c(C3CCCCC3(F)F)nc3cnc4ccc(C#N)cc4c32)CCO1. The maximum atomic E-state index is 15.0. The molecular weight excluding hydrogens is 386 g/mol. The van der Waals surface area contributed by atoms with E-state index >= 15 is 8.78 Å². The van der Waals surface area contributed by atoms with Gasteiger partial charge in [0.05, 0.1) is 40.9 Å². The van der Waals surface area contributed by atoms with Gasteiger partial charge in [0, 0.05) is 24.5 Å². The molecule has 0 amide bonds. The van der Waals surface area contributed by atoms with E-state index < -0.39 is 11.8 Å². The van der Waals surface area contributed by atoms with Gasteiger partial charge in [-0.15, -0.1) is 0 Å². The van der Waals surface area contributed by atoms with Crippen LogP contribution in [0.5, 0.6) is 0 Å². The summed E-state index contributed by atoms with van der Waals surface area (Å²) in [6.45, 7) is 2.62. The molecular formula is C23H24F2N4O. The quantitative estimate of drug-likeness (QED) is 0.560. The average Bonchev–Trinajstić information content (AvgIpc) is 3.12. The Balaban J connectivity index is 1.80. The van der Waals surface area contributed by atoms with Crippen LogP contribution in [-0.4, -0.2) is 33.2 Å². The molecule has 156 valence electrons. The lowest BCUT2D eigenvalue weighted by atomic mass is 9.84. The number of aromatic nitrogens is 3. The second-order valence-corrected chi connectivity index (χ2v) is 8.59. The van der Waals surface area contributed by atoms with E-state index in [-0.39, 0.29) is 18.6 Å². The van der Waals surface area contributed by atoms with Crippen molar-refractivity contribution in [1.82, 2.24) is 14.5 Å². The van der Waals surface area contributed by atoms with Crippen molar-refractivity contribution in [3.05, 3.63) is 35.8 Å². The monoisotopic (exact) mass is 410 g/mol. The molecule has 0 N–H and O–H groups in total. The number of pyridine rings is 1. The lowest BCUT2D eigenvalue weighted by Gasteiger charge is -2.35. The van der Waals surface area contributed by atoms with Crippen LogP contribution < -0.4 is 0 Å². The highest BCUT2D eigenvalue weighted by Crippen LogP contribution is 2.47. The number of alkyl halides is 2. The summed E-state index contributed by atoms with van der Waals surface area (Å²) in [5.74, 6) is -3.20. The van der Waals surface area contributed by atoms with Crippen LogP contribution in [0.3, 0.4) is 0 Å². The van der Waals surface area contributed by atoms with Gasteiger partial charge in [-0.1, -0.05) is 6.42 Å². The van der Waals surface area contributed by atoms with Crippen molar-refractivity contribution in [2.24, 2.45) is 0 Å². The summed E-state index contributed by atoms with van der Waals surface area (Å²) in [7, 11) is 0. The van der Waals surface area contributed by atoms with Gasteiger partial charge in [-0.05, 0) is 50.8 Å². The first kappa shape index (κ1) is 19.4. The largest absolute Gasteiger partial charge is 0.378 e. The molecule has 0 spiro atoms. The molecule has 2 aromatic heterocycles. The van der Waals surface area contributed by atoms with Gasteiger partial charge >= 0.3 is 0 Å². The molecule has 5 nitrogen and oxygen atoms in total. The Morgan fingerprint density at radius 2 is 2.10 bits per heavy atom. The molecule has 0 bridgehead atoms. The van der Waals surface area contributed by atoms with Crippen LogP contribution in [-0.2, 0) is 4.74 Å². The first-order valence-electron chi connectivity index (χ1n) is 10.7. The standard InChI is InChI=1S/C23H24F2N4O/c1-14-10-16(7-9-30-14)29-21-17-11-15(12-26)5-6-19(17)27-13-20(21)28-22(29)18-4-2-3-8-23(18,24)25/h5-6,11,13-14,16,18H,2-4,7-10H2,1H3/t14-,16-,18?/m1/s1. The van der Waals surface area contributed by atoms with Gasteiger partial charge in [0.2, 0.25) is 0 Å². The van der Waals surface area contributed by atoms with Crippen LogP contribution in [0, 0.1) is 11.3 Å². The second-order valence-electron chi connectivity index (χ2n) is 8.59. The Morgan fingerprint density at radius 3 is 2.87 bits per heavy atom. The van der Waals surface area contributed by atoms with Crippen molar-refractivity contribution in [2.75, 3.05) is 6.61 Å². The molecule has 1 saturated heterocycles. The van der Waals surface area contributed by atoms with Crippen LogP contribution in [0.1, 0.15) is 68.8 Å². The molecule has 2 aliphatic rings. The van der Waals surface area contributed by atoms with Crippen molar-refractivity contribution >= 4 is 21.9 Å². The molecule has 1 unspecified atom stereocenters. The van der Waals surface area contributed by atoms with Gasteiger partial charge in [-0.3, -0.25) is 4.98 Å². The van der Waals surface area contributed by atoms with E-state index in [1.54, 1.807) is 18.3 Å². The zero-order valence-corrected chi connectivity index (χ0v) is 16.9. The van der Waals surface area contributed by atoms with Gasteiger partial charge < -0.3 is 9.30 Å². The number of benzene rings is 1. The number of fused-ring (bicyclic) bond motifs is 3. The van der Waals surface area contributed by atoms with E-state index in [4.69, 9.17) is 9.72 Å². The molecule has 2 fully saturated rings. The Kier molecular flexibility index (Phi) is 4.70. The third-order valence-electron chi connectivity index (χ3n) is 6.57. The molecule has 30 heavy (non-hydrogen) atoms. The smallest absolute Gasteiger partial charge is 0.257 e. The molecule has 3 atom stereocenters. The third-order valence-corrected chi connectivity index (χ3v) is 6.57. The normalized spacial score (nSPS) is 26.7. The zero-order valence-electron chi connectivity index (χ0n) is 16.9. The number of halogens is 2. The highest BCUT2D eigenvalue weighted by Gasteiger charge is 2.45. The molecule has 1 saturated carbocycles. The number of rotatable bonds is 2. The minimum Gasteiger partial charge on any atom is -0.378 e. The maximum absolute atomic E-state index is 15.0. The summed E-state index contributed by atoms with van der Waals surface area (Å²) in [4.78, 5) is 9.22. The molecule has 3 aromatic rings. The fraction of sp³-hybridized carbons (Fsp3) is 0.522. The first-order valence-corrected chi connectivity index (χ1v) is 10.7. The Bertz CT molecular complexity index is 1150. The molecule has 3 heterocycles. The van der Waals surface area contributed by atoms with Gasteiger partial charge in [0.25, 0.3) is 5.92 Å². The summed E-state index contributed by atoms with van der Waals surface area (Å²) in [6.07, 6.45) is 4.91. The predicted molar refractivity (Wildman–Crippen MR) is 110 cm³/mol. The lowest BCUT2D eigenvalue weighted by molar-refractivity contribution is -0.0593. The van der Waals surface area contributed by atoms with Gasteiger partial charge in [0.15, 0.2) is 0 Å². The van der Waals surface area contributed by atoms with Crippen LogP contribution in [0.15, 0.2) is 24.4 Å². The number of ether oxygens (including phenoxy) is 1. The van der Waals surface area contributed by atoms with Crippen molar-refractivity contribution in [3.8, 4) is 6.07 Å². The molecule has 1 aliphatic heterocycles. The van der Waals surface area contributed by atoms with Gasteiger partial charge in [-0.2, -0.15) is 5.26 Å². The van der Waals surface area contributed by atoms with E-state index in [1.807, 2.05) is 17.6 Å². The minimum absolute atomic E-state index is 0.0304. The predicted octanol–water partition coefficient (Wildman–Crippen LogP) is 5.49. The lowest BCUT2D eigenvalue weighted by Crippen LogP contribution is -2.34. The average molecular weight is 410 g/mol. The first-order chi connectivity index (χ1) is 14.5. The molecule has 7 heteroatoms. The molecule has 1 aliphatic carbocycles. The molecule has 0 radical (unpaired) electrons. The number of hydrogen-bond acceptors (Lipinski definition) is 4. The third kappa shape index (κ3) is 3.14. The Morgan fingerprint density at radius 1 is 1.23 bits per heavy atom. The summed E-state index contributed by atoms with van der Waals surface area (Å²) < 4.78 is 37.8. The van der Waals surface area contributed by atoms with Crippen LogP contribution >= 0.6 is 0 Å². The number of imidazole rings is 1. The fourth-order valence-corrected chi connectivity index (χ4v) is 5.10. The highest BCUT2D eigenvalue weighted by atomic mass is 19.3. The maximum Gasteiger partial charge on any atom is 0.257 e. The van der Waals surface area contributed by atoms with E-state index in [2.05, 4.69) is 11.1 Å². The topological polar surface area (TPSA) is 63.7 Å². The van der Waals surface area contributed by atoms with Gasteiger partial charge in [-0.25, -0.2) is 13.8 Å². The Hall–Kier alpha value is -2.59. The fourth-order valence-electron chi connectivity index (χ4n) is 5.10. The second kappa shape index (κ2) is 7.28. The Labute approximate surface area is 173 Å². The molecule has 5 rings (SSSR count). The summed E-state index contributed by atoms with van der Waals surface area (Å²) in [5, 5.41) is 10.2. The van der Waals surface area contributed by atoms with E-state index in [1.165, 1.54) is 0 Å². The number of nitrogens with zero attached hydrogens (tertiary/aromatic N) is 4. The summed E-state index contributed by atoms with van der Waals surface area (Å²) in [5.41, 5.74) is 2.69. The van der Waals surface area contributed by atoms with Crippen LogP contribution in [0.2, 0.25) is 0 Å². The zero-order chi connectivity index (χ0) is 20.9. The van der Waals surface area contributed by atoms with Gasteiger partial charge in [0.1, 0.15) is 11.3 Å². The number of nitriles is 1. The van der Waals surface area contributed by atoms with E-state index in [0.29, 0.717) is 36.4 Å². The minimum atomic E-state index is -2.77. The van der Waals surface area contributed by atoms with Crippen molar-refractivity contribution < 1.29 is 13.5 Å². The van der Waals surface area contributed by atoms with Crippen LogP contribution in [0.4, 0.5) is 8.78 Å². The van der Waals surface area contributed by atoms with E-state index in [9.17, 15) is 5.26 Å². The summed E-state index contributed by atoms with van der Waals surface area (Å²) in [6, 6.07) is 7.55. The van der Waals surface area contributed by atoms with Crippen molar-refractivity contribution in [1.29, 1.82) is 5.26 Å². The molecule has 1 aromatic carbocycles. The van der Waals surface area contributed by atoms with Crippen molar-refractivity contribution in [3.63, 3.8) is 0 Å². The van der Waals surface area contributed by atoms with Crippen molar-refractivity contribution in [2.45, 2.75) is 69.4 Å². The van der Waals surface area contributed by atoms with E-state index in [0.717, 1.165) is 35.7 Å².